The van der Waals surface area contributed by atoms with E-state index in [9.17, 15) is 9.59 Å². The molecule has 1 heterocycles. The van der Waals surface area contributed by atoms with Crippen LogP contribution in [0.1, 0.15) is 37.0 Å². The topological polar surface area (TPSA) is 49.4 Å². The maximum absolute atomic E-state index is 12.8. The predicted molar refractivity (Wildman–Crippen MR) is 104 cm³/mol. The summed E-state index contributed by atoms with van der Waals surface area (Å²) in [5, 5.41) is 2.96. The van der Waals surface area contributed by atoms with Crippen molar-refractivity contribution >= 4 is 11.8 Å². The van der Waals surface area contributed by atoms with Gasteiger partial charge in [0.15, 0.2) is 0 Å². The smallest absolute Gasteiger partial charge is 0.251 e. The van der Waals surface area contributed by atoms with E-state index in [0.717, 1.165) is 37.1 Å². The van der Waals surface area contributed by atoms with Crippen molar-refractivity contribution in [3.8, 4) is 11.1 Å². The molecule has 0 aliphatic carbocycles. The summed E-state index contributed by atoms with van der Waals surface area (Å²) in [6.45, 7) is 5.53. The summed E-state index contributed by atoms with van der Waals surface area (Å²) >= 11 is 0. The average Bonchev–Trinajstić information content (AvgIpc) is 3.21. The summed E-state index contributed by atoms with van der Waals surface area (Å²) in [4.78, 5) is 27.4. The number of carbonyl (C=O) groups is 2. The Morgan fingerprint density at radius 2 is 1.58 bits per heavy atom. The molecule has 1 aliphatic heterocycles. The molecule has 2 aromatic rings. The maximum atomic E-state index is 12.8. The number of nitrogens with zero attached hydrogens (tertiary/aromatic N) is 1. The van der Waals surface area contributed by atoms with Crippen molar-refractivity contribution in [2.24, 2.45) is 5.92 Å². The molecule has 2 amide bonds. The molecule has 1 saturated heterocycles. The van der Waals surface area contributed by atoms with Crippen LogP contribution in [0.5, 0.6) is 0 Å². The van der Waals surface area contributed by atoms with E-state index < -0.39 is 6.04 Å². The quantitative estimate of drug-likeness (QED) is 0.893. The SMILES string of the molecule is CC(C)[C@@H](NC(=O)c1cccc(-c2ccccc2)c1)C(=O)N1CCCC1. The van der Waals surface area contributed by atoms with E-state index in [1.165, 1.54) is 0 Å². The average molecular weight is 350 g/mol. The first-order valence-corrected chi connectivity index (χ1v) is 9.31. The fourth-order valence-corrected chi connectivity index (χ4v) is 3.34. The monoisotopic (exact) mass is 350 g/mol. The van der Waals surface area contributed by atoms with E-state index >= 15 is 0 Å². The van der Waals surface area contributed by atoms with Gasteiger partial charge in [0.05, 0.1) is 0 Å². The summed E-state index contributed by atoms with van der Waals surface area (Å²) in [5.41, 5.74) is 2.63. The Balaban J connectivity index is 1.76. The fourth-order valence-electron chi connectivity index (χ4n) is 3.34. The first-order chi connectivity index (χ1) is 12.6. The van der Waals surface area contributed by atoms with Gasteiger partial charge in [-0.05, 0) is 42.0 Å². The molecule has 0 radical (unpaired) electrons. The Labute approximate surface area is 155 Å². The molecule has 2 aromatic carbocycles. The zero-order valence-electron chi connectivity index (χ0n) is 15.4. The van der Waals surface area contributed by atoms with Gasteiger partial charge in [0.2, 0.25) is 5.91 Å². The van der Waals surface area contributed by atoms with Crippen molar-refractivity contribution in [1.29, 1.82) is 0 Å². The zero-order valence-corrected chi connectivity index (χ0v) is 15.4. The second-order valence-electron chi connectivity index (χ2n) is 7.17. The highest BCUT2D eigenvalue weighted by Gasteiger charge is 2.30. The van der Waals surface area contributed by atoms with Crippen LogP contribution >= 0.6 is 0 Å². The second-order valence-corrected chi connectivity index (χ2v) is 7.17. The molecule has 1 atom stereocenters. The van der Waals surface area contributed by atoms with Gasteiger partial charge in [0.25, 0.3) is 5.91 Å². The Hall–Kier alpha value is -2.62. The normalized spacial score (nSPS) is 15.1. The molecule has 4 nitrogen and oxygen atoms in total. The van der Waals surface area contributed by atoms with Crippen LogP contribution in [0.25, 0.3) is 11.1 Å². The van der Waals surface area contributed by atoms with Crippen LogP contribution < -0.4 is 5.32 Å². The van der Waals surface area contributed by atoms with Gasteiger partial charge in [0, 0.05) is 18.7 Å². The molecule has 0 aromatic heterocycles. The number of nitrogens with one attached hydrogen (secondary N) is 1. The van der Waals surface area contributed by atoms with Crippen LogP contribution in [0.15, 0.2) is 54.6 Å². The molecule has 136 valence electrons. The minimum Gasteiger partial charge on any atom is -0.341 e. The molecule has 4 heteroatoms. The zero-order chi connectivity index (χ0) is 18.5. The minimum atomic E-state index is -0.485. The lowest BCUT2D eigenvalue weighted by Gasteiger charge is -2.26. The largest absolute Gasteiger partial charge is 0.341 e. The molecule has 0 unspecified atom stereocenters. The molecule has 26 heavy (non-hydrogen) atoms. The predicted octanol–water partition coefficient (Wildman–Crippen LogP) is 3.73. The summed E-state index contributed by atoms with van der Waals surface area (Å²) in [5.74, 6) is -0.122. The van der Waals surface area contributed by atoms with Gasteiger partial charge < -0.3 is 10.2 Å². The Kier molecular flexibility index (Phi) is 5.71. The summed E-state index contributed by atoms with van der Waals surface area (Å²) < 4.78 is 0. The number of benzene rings is 2. The molecule has 0 saturated carbocycles. The van der Waals surface area contributed by atoms with Crippen LogP contribution in [0.4, 0.5) is 0 Å². The number of rotatable bonds is 5. The molecule has 1 fully saturated rings. The molecule has 0 spiro atoms. The number of hydrogen-bond acceptors (Lipinski definition) is 2. The van der Waals surface area contributed by atoms with Gasteiger partial charge in [-0.25, -0.2) is 0 Å². The van der Waals surface area contributed by atoms with Gasteiger partial charge in [0.1, 0.15) is 6.04 Å². The van der Waals surface area contributed by atoms with Crippen LogP contribution in [0, 0.1) is 5.92 Å². The highest BCUT2D eigenvalue weighted by atomic mass is 16.2. The summed E-state index contributed by atoms with van der Waals surface area (Å²) in [6.07, 6.45) is 2.09. The van der Waals surface area contributed by atoms with Crippen molar-refractivity contribution < 1.29 is 9.59 Å². The highest BCUT2D eigenvalue weighted by Crippen LogP contribution is 2.20. The van der Waals surface area contributed by atoms with Crippen molar-refractivity contribution in [2.45, 2.75) is 32.7 Å². The highest BCUT2D eigenvalue weighted by molar-refractivity contribution is 5.98. The van der Waals surface area contributed by atoms with Crippen LogP contribution in [-0.4, -0.2) is 35.8 Å². The minimum absolute atomic E-state index is 0.0325. The third-order valence-electron chi connectivity index (χ3n) is 4.87. The number of carbonyl (C=O) groups excluding carboxylic acids is 2. The van der Waals surface area contributed by atoms with Gasteiger partial charge >= 0.3 is 0 Å². The van der Waals surface area contributed by atoms with Crippen LogP contribution in [-0.2, 0) is 4.79 Å². The lowest BCUT2D eigenvalue weighted by molar-refractivity contribution is -0.133. The van der Waals surface area contributed by atoms with Crippen molar-refractivity contribution in [2.75, 3.05) is 13.1 Å². The summed E-state index contributed by atoms with van der Waals surface area (Å²) in [6, 6.07) is 17.0. The van der Waals surface area contributed by atoms with E-state index in [0.29, 0.717) is 5.56 Å². The van der Waals surface area contributed by atoms with E-state index in [1.807, 2.05) is 67.3 Å². The molecule has 1 N–H and O–H groups in total. The third kappa shape index (κ3) is 4.13. The molecule has 3 rings (SSSR count). The lowest BCUT2D eigenvalue weighted by Crippen LogP contribution is -2.50. The first kappa shape index (κ1) is 18.2. The van der Waals surface area contributed by atoms with Gasteiger partial charge in [-0.15, -0.1) is 0 Å². The number of amides is 2. The third-order valence-corrected chi connectivity index (χ3v) is 4.87. The Morgan fingerprint density at radius 1 is 0.923 bits per heavy atom. The lowest BCUT2D eigenvalue weighted by atomic mass is 10.0. The van der Waals surface area contributed by atoms with Gasteiger partial charge in [-0.3, -0.25) is 9.59 Å². The molecule has 1 aliphatic rings. The van der Waals surface area contributed by atoms with Crippen molar-refractivity contribution in [3.05, 3.63) is 60.2 Å². The maximum Gasteiger partial charge on any atom is 0.251 e. The number of likely N-dealkylation sites (tertiary alicyclic amines) is 1. The van der Waals surface area contributed by atoms with E-state index in [4.69, 9.17) is 0 Å². The first-order valence-electron chi connectivity index (χ1n) is 9.31. The van der Waals surface area contributed by atoms with Crippen molar-refractivity contribution in [1.82, 2.24) is 10.2 Å². The van der Waals surface area contributed by atoms with Crippen molar-refractivity contribution in [3.63, 3.8) is 0 Å². The molecular weight excluding hydrogens is 324 g/mol. The van der Waals surface area contributed by atoms with E-state index in [-0.39, 0.29) is 17.7 Å². The number of hydrogen-bond donors (Lipinski definition) is 1. The molecular formula is C22H26N2O2. The van der Waals surface area contributed by atoms with Crippen LogP contribution in [0.2, 0.25) is 0 Å². The van der Waals surface area contributed by atoms with Gasteiger partial charge in [-0.1, -0.05) is 56.3 Å². The van der Waals surface area contributed by atoms with Crippen LogP contribution in [0.3, 0.4) is 0 Å². The second kappa shape index (κ2) is 8.17. The van der Waals surface area contributed by atoms with E-state index in [2.05, 4.69) is 5.32 Å². The Morgan fingerprint density at radius 3 is 2.23 bits per heavy atom. The molecule has 0 bridgehead atoms. The standard InChI is InChI=1S/C22H26N2O2/c1-16(2)20(22(26)24-13-6-7-14-24)23-21(25)19-12-8-11-18(15-19)17-9-4-3-5-10-17/h3-5,8-12,15-16,20H,6-7,13-14H2,1-2H3,(H,23,25)/t20-/m1/s1. The Bertz CT molecular complexity index is 765. The van der Waals surface area contributed by atoms with E-state index in [1.54, 1.807) is 6.07 Å². The summed E-state index contributed by atoms with van der Waals surface area (Å²) in [7, 11) is 0. The van der Waals surface area contributed by atoms with Gasteiger partial charge in [-0.2, -0.15) is 0 Å². The fraction of sp³-hybridized carbons (Fsp3) is 0.364.